The summed E-state index contributed by atoms with van der Waals surface area (Å²) in [7, 11) is 1.86. The number of anilines is 2. The number of amides is 1. The van der Waals surface area contributed by atoms with Crippen molar-refractivity contribution in [3.05, 3.63) is 36.7 Å². The standard InChI is InChI=1S/C19H24N4O2/c1-22-12-15(11-20-22)23-10-4-6-17(19(23)24)21-16-5-2-3-7-18(16)25-13-14-8-9-14/h2-3,5,7,11-12,14,17,21H,4,6,8-10,13H2,1H3/t17-/m0/s1. The van der Waals surface area contributed by atoms with E-state index >= 15 is 0 Å². The highest BCUT2D eigenvalue weighted by molar-refractivity contribution is 5.99. The summed E-state index contributed by atoms with van der Waals surface area (Å²) in [4.78, 5) is 14.7. The molecule has 1 aliphatic heterocycles. The molecule has 2 heterocycles. The molecule has 2 aromatic rings. The highest BCUT2D eigenvalue weighted by Gasteiger charge is 2.31. The predicted molar refractivity (Wildman–Crippen MR) is 96.9 cm³/mol. The fourth-order valence-corrected chi connectivity index (χ4v) is 3.20. The summed E-state index contributed by atoms with van der Waals surface area (Å²) in [6, 6.07) is 7.66. The number of hydrogen-bond acceptors (Lipinski definition) is 4. The Labute approximate surface area is 147 Å². The number of ether oxygens (including phenoxy) is 1. The smallest absolute Gasteiger partial charge is 0.249 e. The van der Waals surface area contributed by atoms with Crippen LogP contribution in [0.2, 0.25) is 0 Å². The van der Waals surface area contributed by atoms with Gasteiger partial charge < -0.3 is 15.0 Å². The highest BCUT2D eigenvalue weighted by atomic mass is 16.5. The van der Waals surface area contributed by atoms with E-state index in [1.54, 1.807) is 10.9 Å². The van der Waals surface area contributed by atoms with Crippen molar-refractivity contribution in [3.63, 3.8) is 0 Å². The lowest BCUT2D eigenvalue weighted by atomic mass is 10.0. The van der Waals surface area contributed by atoms with Crippen molar-refractivity contribution in [2.24, 2.45) is 13.0 Å². The molecule has 25 heavy (non-hydrogen) atoms. The van der Waals surface area contributed by atoms with Gasteiger partial charge in [-0.05, 0) is 43.7 Å². The van der Waals surface area contributed by atoms with Crippen LogP contribution in [0.15, 0.2) is 36.7 Å². The number of rotatable bonds is 6. The summed E-state index contributed by atoms with van der Waals surface area (Å²) in [5, 5.41) is 7.58. The normalized spacial score (nSPS) is 20.6. The van der Waals surface area contributed by atoms with Gasteiger partial charge >= 0.3 is 0 Å². The Morgan fingerprint density at radius 3 is 2.88 bits per heavy atom. The lowest BCUT2D eigenvalue weighted by Gasteiger charge is -2.32. The van der Waals surface area contributed by atoms with Gasteiger partial charge in [0.2, 0.25) is 5.91 Å². The first kappa shape index (κ1) is 16.0. The number of piperidine rings is 1. The van der Waals surface area contributed by atoms with E-state index in [1.165, 1.54) is 12.8 Å². The second-order valence-electron chi connectivity index (χ2n) is 6.95. The predicted octanol–water partition coefficient (Wildman–Crippen LogP) is 2.82. The summed E-state index contributed by atoms with van der Waals surface area (Å²) < 4.78 is 7.67. The van der Waals surface area contributed by atoms with Crippen molar-refractivity contribution in [2.45, 2.75) is 31.7 Å². The van der Waals surface area contributed by atoms with E-state index in [1.807, 2.05) is 42.4 Å². The third kappa shape index (κ3) is 3.62. The topological polar surface area (TPSA) is 59.4 Å². The molecule has 0 radical (unpaired) electrons. The Kier molecular flexibility index (Phi) is 4.34. The van der Waals surface area contributed by atoms with Gasteiger partial charge in [0.15, 0.2) is 0 Å². The minimum absolute atomic E-state index is 0.0937. The van der Waals surface area contributed by atoms with Crippen molar-refractivity contribution in [1.29, 1.82) is 0 Å². The van der Waals surface area contributed by atoms with E-state index in [9.17, 15) is 4.79 Å². The number of aryl methyl sites for hydroxylation is 1. The highest BCUT2D eigenvalue weighted by Crippen LogP contribution is 2.32. The van der Waals surface area contributed by atoms with Gasteiger partial charge in [0.05, 0.1) is 24.2 Å². The number of aromatic nitrogens is 2. The Morgan fingerprint density at radius 1 is 1.28 bits per heavy atom. The second kappa shape index (κ2) is 6.78. The van der Waals surface area contributed by atoms with E-state index in [0.29, 0.717) is 5.92 Å². The van der Waals surface area contributed by atoms with Gasteiger partial charge in [0, 0.05) is 19.8 Å². The molecule has 0 bridgehead atoms. The average Bonchev–Trinajstić information content (AvgIpc) is 3.35. The molecule has 1 amide bonds. The number of nitrogens with zero attached hydrogens (tertiary/aromatic N) is 3. The van der Waals surface area contributed by atoms with Crippen LogP contribution in [0.3, 0.4) is 0 Å². The van der Waals surface area contributed by atoms with Crippen LogP contribution in [0.1, 0.15) is 25.7 Å². The minimum atomic E-state index is -0.236. The lowest BCUT2D eigenvalue weighted by molar-refractivity contribution is -0.120. The van der Waals surface area contributed by atoms with Crippen molar-refractivity contribution >= 4 is 17.3 Å². The maximum atomic E-state index is 12.9. The van der Waals surface area contributed by atoms with Crippen molar-refractivity contribution in [3.8, 4) is 5.75 Å². The first-order valence-corrected chi connectivity index (χ1v) is 8.99. The van der Waals surface area contributed by atoms with Crippen LogP contribution in [0.25, 0.3) is 0 Å². The fraction of sp³-hybridized carbons (Fsp3) is 0.474. The summed E-state index contributed by atoms with van der Waals surface area (Å²) in [5.41, 5.74) is 1.76. The zero-order chi connectivity index (χ0) is 17.2. The summed E-state index contributed by atoms with van der Waals surface area (Å²) >= 11 is 0. The van der Waals surface area contributed by atoms with Gasteiger partial charge in [-0.15, -0.1) is 0 Å². The maximum absolute atomic E-state index is 12.9. The molecule has 2 aliphatic rings. The molecule has 0 spiro atoms. The summed E-state index contributed by atoms with van der Waals surface area (Å²) in [6.07, 6.45) is 7.93. The van der Waals surface area contributed by atoms with Crippen LogP contribution in [0, 0.1) is 5.92 Å². The van der Waals surface area contributed by atoms with Crippen LogP contribution in [0.4, 0.5) is 11.4 Å². The Bertz CT molecular complexity index is 753. The van der Waals surface area contributed by atoms with Crippen LogP contribution >= 0.6 is 0 Å². The van der Waals surface area contributed by atoms with Crippen molar-refractivity contribution in [2.75, 3.05) is 23.4 Å². The zero-order valence-corrected chi connectivity index (χ0v) is 14.5. The zero-order valence-electron chi connectivity index (χ0n) is 14.5. The fourth-order valence-electron chi connectivity index (χ4n) is 3.20. The quantitative estimate of drug-likeness (QED) is 0.878. The molecule has 1 saturated carbocycles. The van der Waals surface area contributed by atoms with Gasteiger partial charge in [-0.1, -0.05) is 12.1 Å². The van der Waals surface area contributed by atoms with Gasteiger partial charge in [-0.3, -0.25) is 9.48 Å². The Balaban J connectivity index is 1.47. The lowest BCUT2D eigenvalue weighted by Crippen LogP contribution is -2.47. The molecule has 4 rings (SSSR count). The van der Waals surface area contributed by atoms with Gasteiger partial charge in [0.25, 0.3) is 0 Å². The van der Waals surface area contributed by atoms with Crippen molar-refractivity contribution in [1.82, 2.24) is 9.78 Å². The van der Waals surface area contributed by atoms with Gasteiger partial charge in [-0.2, -0.15) is 5.10 Å². The number of carbonyl (C=O) groups is 1. The molecule has 132 valence electrons. The first-order valence-electron chi connectivity index (χ1n) is 8.99. The minimum Gasteiger partial charge on any atom is -0.491 e. The Hall–Kier alpha value is -2.50. The third-order valence-electron chi connectivity index (χ3n) is 4.83. The monoisotopic (exact) mass is 340 g/mol. The molecule has 1 saturated heterocycles. The van der Waals surface area contributed by atoms with Crippen LogP contribution in [-0.2, 0) is 11.8 Å². The maximum Gasteiger partial charge on any atom is 0.249 e. The molecule has 1 aliphatic carbocycles. The molecule has 6 nitrogen and oxygen atoms in total. The average molecular weight is 340 g/mol. The number of hydrogen-bond donors (Lipinski definition) is 1. The number of nitrogens with one attached hydrogen (secondary N) is 1. The van der Waals surface area contributed by atoms with Gasteiger partial charge in [-0.25, -0.2) is 0 Å². The molecule has 1 N–H and O–H groups in total. The molecule has 1 atom stereocenters. The molecule has 1 aromatic carbocycles. The van der Waals surface area contributed by atoms with E-state index in [4.69, 9.17) is 4.74 Å². The molecule has 0 unspecified atom stereocenters. The summed E-state index contributed by atoms with van der Waals surface area (Å²) in [6.45, 7) is 1.50. The Morgan fingerprint density at radius 2 is 2.12 bits per heavy atom. The van der Waals surface area contributed by atoms with E-state index in [-0.39, 0.29) is 11.9 Å². The molecule has 1 aromatic heterocycles. The van der Waals surface area contributed by atoms with Crippen LogP contribution in [-0.4, -0.2) is 34.9 Å². The molecular formula is C19H24N4O2. The number of benzene rings is 1. The van der Waals surface area contributed by atoms with Crippen LogP contribution in [0.5, 0.6) is 5.75 Å². The van der Waals surface area contributed by atoms with Gasteiger partial charge in [0.1, 0.15) is 11.8 Å². The molecule has 6 heteroatoms. The number of para-hydroxylation sites is 2. The SMILES string of the molecule is Cn1cc(N2CCC[C@H](Nc3ccccc3OCC3CC3)C2=O)cn1. The van der Waals surface area contributed by atoms with E-state index in [0.717, 1.165) is 43.1 Å². The second-order valence-corrected chi connectivity index (χ2v) is 6.95. The van der Waals surface area contributed by atoms with E-state index in [2.05, 4.69) is 10.4 Å². The summed E-state index contributed by atoms with van der Waals surface area (Å²) in [5.74, 6) is 1.63. The molecule has 2 fully saturated rings. The van der Waals surface area contributed by atoms with E-state index < -0.39 is 0 Å². The largest absolute Gasteiger partial charge is 0.491 e. The molecular weight excluding hydrogens is 316 g/mol. The first-order chi connectivity index (χ1) is 12.2. The van der Waals surface area contributed by atoms with Crippen molar-refractivity contribution < 1.29 is 9.53 Å². The van der Waals surface area contributed by atoms with Crippen LogP contribution < -0.4 is 15.0 Å². The third-order valence-corrected chi connectivity index (χ3v) is 4.83. The number of carbonyl (C=O) groups excluding carboxylic acids is 1.